The lowest BCUT2D eigenvalue weighted by Gasteiger charge is -2.20. The summed E-state index contributed by atoms with van der Waals surface area (Å²) >= 11 is 1.38. The molecule has 116 valence electrons. The van der Waals surface area contributed by atoms with E-state index in [-0.39, 0.29) is 35.6 Å². The smallest absolute Gasteiger partial charge is 0.231 e. The van der Waals surface area contributed by atoms with Gasteiger partial charge in [-0.1, -0.05) is 32.1 Å². The minimum absolute atomic E-state index is 0.0396. The summed E-state index contributed by atoms with van der Waals surface area (Å²) in [7, 11) is 0. The first-order valence-electron chi connectivity index (χ1n) is 7.13. The number of carbonyl (C=O) groups is 2. The Bertz CT molecular complexity index is 547. The van der Waals surface area contributed by atoms with E-state index in [1.807, 2.05) is 13.8 Å². The number of amides is 2. The van der Waals surface area contributed by atoms with Crippen molar-refractivity contribution in [2.45, 2.75) is 52.5 Å². The molecule has 0 aliphatic carbocycles. The highest BCUT2D eigenvalue weighted by Gasteiger charge is 2.35. The Hall–Kier alpha value is -1.50. The van der Waals surface area contributed by atoms with Crippen LogP contribution in [-0.2, 0) is 15.0 Å². The minimum atomic E-state index is -0.304. The van der Waals surface area contributed by atoms with Gasteiger partial charge >= 0.3 is 0 Å². The fourth-order valence-electron chi connectivity index (χ4n) is 2.19. The largest absolute Gasteiger partial charge is 0.339 e. The van der Waals surface area contributed by atoms with E-state index in [4.69, 9.17) is 0 Å². The predicted molar refractivity (Wildman–Crippen MR) is 82.2 cm³/mol. The van der Waals surface area contributed by atoms with Gasteiger partial charge in [0, 0.05) is 24.4 Å². The number of rotatable bonds is 3. The molecule has 1 fully saturated rings. The van der Waals surface area contributed by atoms with Crippen molar-refractivity contribution in [3.8, 4) is 0 Å². The fourth-order valence-corrected chi connectivity index (χ4v) is 2.99. The average Bonchev–Trinajstić information content (AvgIpc) is 2.94. The summed E-state index contributed by atoms with van der Waals surface area (Å²) in [6, 6.07) is 0.129. The van der Waals surface area contributed by atoms with E-state index < -0.39 is 0 Å². The van der Waals surface area contributed by atoms with Crippen LogP contribution in [0.15, 0.2) is 0 Å². The van der Waals surface area contributed by atoms with Gasteiger partial charge in [-0.15, -0.1) is 10.2 Å². The third-order valence-corrected chi connectivity index (χ3v) is 4.71. The summed E-state index contributed by atoms with van der Waals surface area (Å²) in [5, 5.41) is 12.3. The van der Waals surface area contributed by atoms with Gasteiger partial charge < -0.3 is 10.2 Å². The van der Waals surface area contributed by atoms with Gasteiger partial charge in [-0.2, -0.15) is 0 Å². The Labute approximate surface area is 128 Å². The van der Waals surface area contributed by atoms with Gasteiger partial charge in [-0.25, -0.2) is 0 Å². The maximum Gasteiger partial charge on any atom is 0.231 e. The van der Waals surface area contributed by atoms with E-state index in [1.165, 1.54) is 11.3 Å². The Kier molecular flexibility index (Phi) is 4.32. The van der Waals surface area contributed by atoms with Crippen molar-refractivity contribution in [1.29, 1.82) is 0 Å². The highest BCUT2D eigenvalue weighted by Crippen LogP contribution is 2.28. The monoisotopic (exact) mass is 310 g/mol. The summed E-state index contributed by atoms with van der Waals surface area (Å²) in [5.74, 6) is -0.414. The van der Waals surface area contributed by atoms with Crippen molar-refractivity contribution in [1.82, 2.24) is 15.1 Å². The molecule has 1 saturated heterocycles. The van der Waals surface area contributed by atoms with E-state index in [0.29, 0.717) is 11.7 Å². The van der Waals surface area contributed by atoms with Crippen LogP contribution in [0, 0.1) is 5.92 Å². The highest BCUT2D eigenvalue weighted by atomic mass is 32.1. The molecule has 1 atom stereocenters. The molecule has 2 amide bonds. The van der Waals surface area contributed by atoms with Gasteiger partial charge in [0.1, 0.15) is 5.01 Å². The molecule has 7 heteroatoms. The normalized spacial score (nSPS) is 19.4. The molecule has 0 radical (unpaired) electrons. The molecule has 1 aliphatic rings. The molecule has 0 spiro atoms. The van der Waals surface area contributed by atoms with Crippen LogP contribution >= 0.6 is 11.3 Å². The van der Waals surface area contributed by atoms with Crippen LogP contribution in [0.1, 0.15) is 46.0 Å². The number of nitrogens with one attached hydrogen (secondary N) is 1. The molecule has 1 aromatic heterocycles. The van der Waals surface area contributed by atoms with Crippen LogP contribution in [0.25, 0.3) is 0 Å². The number of carbonyl (C=O) groups excluding carboxylic acids is 2. The van der Waals surface area contributed by atoms with Gasteiger partial charge in [-0.05, 0) is 13.8 Å². The molecule has 1 N–H and O–H groups in total. The number of aromatic nitrogens is 2. The average molecular weight is 310 g/mol. The molecule has 1 aliphatic heterocycles. The molecule has 0 bridgehead atoms. The third kappa shape index (κ3) is 3.58. The van der Waals surface area contributed by atoms with E-state index in [9.17, 15) is 9.59 Å². The molecule has 6 nitrogen and oxygen atoms in total. The van der Waals surface area contributed by atoms with Crippen LogP contribution < -0.4 is 5.32 Å². The lowest BCUT2D eigenvalue weighted by molar-refractivity contribution is -0.129. The van der Waals surface area contributed by atoms with Crippen molar-refractivity contribution >= 4 is 28.3 Å². The molecule has 0 saturated carbocycles. The van der Waals surface area contributed by atoms with E-state index >= 15 is 0 Å². The molecule has 0 unspecified atom stereocenters. The first-order chi connectivity index (χ1) is 9.68. The number of hydrogen-bond donors (Lipinski definition) is 1. The van der Waals surface area contributed by atoms with Gasteiger partial charge in [0.25, 0.3) is 0 Å². The standard InChI is InChI=1S/C14H22N4O2S/c1-8(2)18-7-9(6-10(18)19)11(20)15-13-17-16-12(21-13)14(3,4)5/h8-9H,6-7H2,1-5H3,(H,15,17,20)/t9-/m0/s1. The highest BCUT2D eigenvalue weighted by molar-refractivity contribution is 7.15. The zero-order valence-corrected chi connectivity index (χ0v) is 14.0. The van der Waals surface area contributed by atoms with Crippen LogP contribution in [0.3, 0.4) is 0 Å². The molecule has 0 aromatic carbocycles. The summed E-state index contributed by atoms with van der Waals surface area (Å²) in [5.41, 5.74) is -0.0849. The van der Waals surface area contributed by atoms with Crippen LogP contribution in [-0.4, -0.2) is 39.5 Å². The Balaban J connectivity index is 2.00. The molecule has 1 aromatic rings. The SMILES string of the molecule is CC(C)N1C[C@@H](C(=O)Nc2nnc(C(C)(C)C)s2)CC1=O. The van der Waals surface area contributed by atoms with E-state index in [2.05, 4.69) is 36.3 Å². The maximum absolute atomic E-state index is 12.2. The van der Waals surface area contributed by atoms with Crippen molar-refractivity contribution in [2.24, 2.45) is 5.92 Å². The van der Waals surface area contributed by atoms with Crippen molar-refractivity contribution in [3.05, 3.63) is 5.01 Å². The third-order valence-electron chi connectivity index (χ3n) is 3.45. The van der Waals surface area contributed by atoms with Gasteiger partial charge in [0.05, 0.1) is 5.92 Å². The van der Waals surface area contributed by atoms with Gasteiger partial charge in [-0.3, -0.25) is 9.59 Å². The topological polar surface area (TPSA) is 75.2 Å². The summed E-state index contributed by atoms with van der Waals surface area (Å²) < 4.78 is 0. The van der Waals surface area contributed by atoms with Gasteiger partial charge in [0.2, 0.25) is 16.9 Å². The van der Waals surface area contributed by atoms with Crippen LogP contribution in [0.5, 0.6) is 0 Å². The summed E-state index contributed by atoms with van der Waals surface area (Å²) in [4.78, 5) is 25.8. The number of nitrogens with zero attached hydrogens (tertiary/aromatic N) is 3. The maximum atomic E-state index is 12.2. The van der Waals surface area contributed by atoms with Crippen molar-refractivity contribution < 1.29 is 9.59 Å². The molecular weight excluding hydrogens is 288 g/mol. The number of hydrogen-bond acceptors (Lipinski definition) is 5. The molecular formula is C14H22N4O2S. The predicted octanol–water partition coefficient (Wildman–Crippen LogP) is 2.03. The zero-order valence-electron chi connectivity index (χ0n) is 13.1. The first kappa shape index (κ1) is 15.9. The second-order valence-electron chi connectivity index (χ2n) is 6.69. The Morgan fingerprint density at radius 1 is 1.38 bits per heavy atom. The molecule has 2 heterocycles. The van der Waals surface area contributed by atoms with Crippen molar-refractivity contribution in [2.75, 3.05) is 11.9 Å². The van der Waals surface area contributed by atoms with Crippen molar-refractivity contribution in [3.63, 3.8) is 0 Å². The number of likely N-dealkylation sites (tertiary alicyclic amines) is 1. The van der Waals surface area contributed by atoms with E-state index in [0.717, 1.165) is 5.01 Å². The van der Waals surface area contributed by atoms with Crippen LogP contribution in [0.2, 0.25) is 0 Å². The quantitative estimate of drug-likeness (QED) is 0.927. The zero-order chi connectivity index (χ0) is 15.8. The minimum Gasteiger partial charge on any atom is -0.339 e. The Morgan fingerprint density at radius 2 is 2.05 bits per heavy atom. The second kappa shape index (κ2) is 5.71. The van der Waals surface area contributed by atoms with Gasteiger partial charge in [0.15, 0.2) is 0 Å². The van der Waals surface area contributed by atoms with E-state index in [1.54, 1.807) is 4.90 Å². The molecule has 2 rings (SSSR count). The Morgan fingerprint density at radius 3 is 2.52 bits per heavy atom. The first-order valence-corrected chi connectivity index (χ1v) is 7.94. The fraction of sp³-hybridized carbons (Fsp3) is 0.714. The number of anilines is 1. The second-order valence-corrected chi connectivity index (χ2v) is 7.67. The lowest BCUT2D eigenvalue weighted by Crippen LogP contribution is -2.33. The summed E-state index contributed by atoms with van der Waals surface area (Å²) in [6.07, 6.45) is 0.273. The molecule has 21 heavy (non-hydrogen) atoms. The van der Waals surface area contributed by atoms with Crippen LogP contribution in [0.4, 0.5) is 5.13 Å². The summed E-state index contributed by atoms with van der Waals surface area (Å²) in [6.45, 7) is 10.5. The lowest BCUT2D eigenvalue weighted by atomic mass is 9.98.